The van der Waals surface area contributed by atoms with E-state index < -0.39 is 0 Å². The molecule has 1 saturated heterocycles. The summed E-state index contributed by atoms with van der Waals surface area (Å²) in [5.74, 6) is 0.768. The molecule has 3 heterocycles. The monoisotopic (exact) mass is 422 g/mol. The molecule has 8 nitrogen and oxygen atoms in total. The predicted molar refractivity (Wildman–Crippen MR) is 118 cm³/mol. The summed E-state index contributed by atoms with van der Waals surface area (Å²) in [5, 5.41) is 14.0. The summed E-state index contributed by atoms with van der Waals surface area (Å²) in [7, 11) is 0. The molecular weight excluding hydrogens is 392 g/mol. The van der Waals surface area contributed by atoms with Crippen LogP contribution in [0.1, 0.15) is 66.7 Å². The number of morpholine rings is 1. The van der Waals surface area contributed by atoms with Crippen LogP contribution in [0, 0.1) is 13.8 Å². The average molecular weight is 423 g/mol. The molecule has 1 saturated carbocycles. The van der Waals surface area contributed by atoms with E-state index in [0.29, 0.717) is 24.8 Å². The first-order valence-electron chi connectivity index (χ1n) is 11.4. The zero-order valence-corrected chi connectivity index (χ0v) is 18.3. The summed E-state index contributed by atoms with van der Waals surface area (Å²) >= 11 is 0. The minimum atomic E-state index is -0.297. The second-order valence-corrected chi connectivity index (χ2v) is 8.87. The number of nitrogens with zero attached hydrogens (tertiary/aromatic N) is 5. The Labute approximate surface area is 181 Å². The van der Waals surface area contributed by atoms with Crippen molar-refractivity contribution in [1.29, 1.82) is 0 Å². The van der Waals surface area contributed by atoms with Gasteiger partial charge in [0.1, 0.15) is 6.04 Å². The van der Waals surface area contributed by atoms with E-state index in [0.717, 1.165) is 53.8 Å². The van der Waals surface area contributed by atoms with E-state index in [9.17, 15) is 4.79 Å². The first kappa shape index (κ1) is 20.3. The predicted octanol–water partition coefficient (Wildman–Crippen LogP) is 3.06. The Bertz CT molecular complexity index is 1120. The number of rotatable bonds is 4. The van der Waals surface area contributed by atoms with E-state index >= 15 is 0 Å². The lowest BCUT2D eigenvalue weighted by Crippen LogP contribution is -2.42. The highest BCUT2D eigenvalue weighted by Gasteiger charge is 2.33. The number of ether oxygens (including phenoxy) is 1. The molecule has 0 spiro atoms. The van der Waals surface area contributed by atoms with Crippen molar-refractivity contribution in [3.05, 3.63) is 51.1 Å². The zero-order chi connectivity index (χ0) is 21.4. The second-order valence-electron chi connectivity index (χ2n) is 8.87. The third-order valence-electron chi connectivity index (χ3n) is 6.86. The van der Waals surface area contributed by atoms with Crippen LogP contribution < -0.4 is 5.56 Å². The second kappa shape index (κ2) is 8.51. The number of tetrazole rings is 1. The molecule has 1 aromatic carbocycles. The molecule has 5 rings (SSSR count). The first-order chi connectivity index (χ1) is 15.1. The van der Waals surface area contributed by atoms with Crippen molar-refractivity contribution in [2.24, 2.45) is 0 Å². The number of fused-ring (bicyclic) bond motifs is 1. The molecule has 2 fully saturated rings. The Kier molecular flexibility index (Phi) is 5.58. The summed E-state index contributed by atoms with van der Waals surface area (Å²) in [4.78, 5) is 18.8. The van der Waals surface area contributed by atoms with Gasteiger partial charge in [-0.25, -0.2) is 4.68 Å². The maximum Gasteiger partial charge on any atom is 0.253 e. The van der Waals surface area contributed by atoms with Crippen LogP contribution in [0.25, 0.3) is 10.9 Å². The van der Waals surface area contributed by atoms with Gasteiger partial charge in [-0.1, -0.05) is 31.4 Å². The van der Waals surface area contributed by atoms with Gasteiger partial charge in [0.05, 0.1) is 24.8 Å². The maximum absolute atomic E-state index is 13.4. The highest BCUT2D eigenvalue weighted by atomic mass is 16.5. The first-order valence-corrected chi connectivity index (χ1v) is 11.4. The average Bonchev–Trinajstić information content (AvgIpc) is 3.28. The van der Waals surface area contributed by atoms with Crippen LogP contribution >= 0.6 is 0 Å². The minimum Gasteiger partial charge on any atom is -0.379 e. The number of pyridine rings is 1. The van der Waals surface area contributed by atoms with E-state index in [4.69, 9.17) is 4.74 Å². The Morgan fingerprint density at radius 2 is 1.84 bits per heavy atom. The molecule has 0 bridgehead atoms. The molecule has 164 valence electrons. The fourth-order valence-electron chi connectivity index (χ4n) is 5.10. The van der Waals surface area contributed by atoms with Crippen molar-refractivity contribution >= 4 is 10.9 Å². The molecule has 1 aliphatic carbocycles. The number of aryl methyl sites for hydroxylation is 2. The summed E-state index contributed by atoms with van der Waals surface area (Å²) in [6, 6.07) is 6.21. The van der Waals surface area contributed by atoms with Gasteiger partial charge in [-0.2, -0.15) is 0 Å². The molecule has 0 unspecified atom stereocenters. The molecular formula is C23H30N6O2. The van der Waals surface area contributed by atoms with Crippen LogP contribution in [0.3, 0.4) is 0 Å². The molecule has 2 aliphatic rings. The van der Waals surface area contributed by atoms with Crippen LogP contribution in [0.15, 0.2) is 23.0 Å². The number of hydrogen-bond acceptors (Lipinski definition) is 6. The number of aromatic nitrogens is 5. The van der Waals surface area contributed by atoms with E-state index in [1.54, 1.807) is 0 Å². The fraction of sp³-hybridized carbons (Fsp3) is 0.565. The highest BCUT2D eigenvalue weighted by molar-refractivity contribution is 5.85. The van der Waals surface area contributed by atoms with Gasteiger partial charge in [-0.3, -0.25) is 9.69 Å². The highest BCUT2D eigenvalue weighted by Crippen LogP contribution is 2.33. The van der Waals surface area contributed by atoms with Gasteiger partial charge in [0, 0.05) is 24.0 Å². The molecule has 0 amide bonds. The molecule has 31 heavy (non-hydrogen) atoms. The van der Waals surface area contributed by atoms with Crippen molar-refractivity contribution in [2.75, 3.05) is 26.3 Å². The van der Waals surface area contributed by atoms with Gasteiger partial charge >= 0.3 is 0 Å². The smallest absolute Gasteiger partial charge is 0.253 e. The molecule has 3 aromatic rings. The minimum absolute atomic E-state index is 0.0733. The van der Waals surface area contributed by atoms with Crippen LogP contribution in [0.5, 0.6) is 0 Å². The molecule has 1 atom stereocenters. The van der Waals surface area contributed by atoms with Gasteiger partial charge in [0.2, 0.25) is 0 Å². The molecule has 1 N–H and O–H groups in total. The SMILES string of the molecule is Cc1ccc(C)c2[nH]c(=O)c([C@@H](c3nnnn3C3CCCCC3)N3CCOCC3)cc12. The number of H-pyrrole nitrogens is 1. The van der Waals surface area contributed by atoms with Crippen LogP contribution in [0.4, 0.5) is 0 Å². The van der Waals surface area contributed by atoms with Gasteiger partial charge in [-0.05, 0) is 54.3 Å². The van der Waals surface area contributed by atoms with E-state index in [-0.39, 0.29) is 11.6 Å². The Balaban J connectivity index is 1.66. The summed E-state index contributed by atoms with van der Waals surface area (Å²) < 4.78 is 7.59. The van der Waals surface area contributed by atoms with Crippen LogP contribution in [0.2, 0.25) is 0 Å². The third kappa shape index (κ3) is 3.78. The molecule has 1 aliphatic heterocycles. The van der Waals surface area contributed by atoms with Crippen molar-refractivity contribution in [1.82, 2.24) is 30.1 Å². The third-order valence-corrected chi connectivity index (χ3v) is 6.86. The largest absolute Gasteiger partial charge is 0.379 e. The summed E-state index contributed by atoms with van der Waals surface area (Å²) in [6.45, 7) is 6.88. The van der Waals surface area contributed by atoms with Crippen LogP contribution in [-0.2, 0) is 4.74 Å². The van der Waals surface area contributed by atoms with Crippen molar-refractivity contribution < 1.29 is 4.74 Å². The Morgan fingerprint density at radius 3 is 2.61 bits per heavy atom. The Morgan fingerprint density at radius 1 is 1.10 bits per heavy atom. The van der Waals surface area contributed by atoms with E-state index in [1.807, 2.05) is 11.6 Å². The standard InChI is InChI=1S/C23H30N6O2/c1-15-8-9-16(2)20-18(15)14-19(23(30)24-20)21(28-10-12-31-13-11-28)22-25-26-27-29(22)17-6-4-3-5-7-17/h8-9,14,17,21H,3-7,10-13H2,1-2H3,(H,24,30)/t21-/m0/s1. The zero-order valence-electron chi connectivity index (χ0n) is 18.3. The summed E-state index contributed by atoms with van der Waals surface area (Å²) in [6.07, 6.45) is 5.83. The van der Waals surface area contributed by atoms with Crippen molar-refractivity contribution in [3.63, 3.8) is 0 Å². The molecule has 8 heteroatoms. The van der Waals surface area contributed by atoms with Crippen molar-refractivity contribution in [3.8, 4) is 0 Å². The quantitative estimate of drug-likeness (QED) is 0.695. The molecule has 2 aromatic heterocycles. The number of aromatic amines is 1. The summed E-state index contributed by atoms with van der Waals surface area (Å²) in [5.41, 5.74) is 3.75. The number of benzene rings is 1. The van der Waals surface area contributed by atoms with Gasteiger partial charge in [0.15, 0.2) is 5.82 Å². The van der Waals surface area contributed by atoms with Crippen molar-refractivity contribution in [2.45, 2.75) is 58.0 Å². The lowest BCUT2D eigenvalue weighted by atomic mass is 9.94. The number of hydrogen-bond donors (Lipinski definition) is 1. The fourth-order valence-corrected chi connectivity index (χ4v) is 5.10. The van der Waals surface area contributed by atoms with Gasteiger partial charge < -0.3 is 9.72 Å². The molecule has 0 radical (unpaired) electrons. The lowest BCUT2D eigenvalue weighted by Gasteiger charge is -2.34. The lowest BCUT2D eigenvalue weighted by molar-refractivity contribution is 0.0209. The van der Waals surface area contributed by atoms with Gasteiger partial charge in [-0.15, -0.1) is 5.10 Å². The van der Waals surface area contributed by atoms with E-state index in [1.165, 1.54) is 19.3 Å². The van der Waals surface area contributed by atoms with Crippen LogP contribution in [-0.4, -0.2) is 56.4 Å². The topological polar surface area (TPSA) is 88.9 Å². The Hall–Kier alpha value is -2.58. The van der Waals surface area contributed by atoms with Gasteiger partial charge in [0.25, 0.3) is 5.56 Å². The normalized spacial score (nSPS) is 19.7. The maximum atomic E-state index is 13.4. The number of nitrogens with one attached hydrogen (secondary N) is 1. The van der Waals surface area contributed by atoms with E-state index in [2.05, 4.69) is 50.5 Å².